The van der Waals surface area contributed by atoms with Gasteiger partial charge in [0.2, 0.25) is 0 Å². The molecule has 19 rings (SSSR count). The summed E-state index contributed by atoms with van der Waals surface area (Å²) in [5, 5.41) is 4.61. The molecule has 4 aliphatic carbocycles. The molecule has 2 heteroatoms. The first-order valence-electron chi connectivity index (χ1n) is 36.4. The van der Waals surface area contributed by atoms with Crippen LogP contribution in [-0.4, -0.2) is 0 Å². The van der Waals surface area contributed by atoms with Crippen molar-refractivity contribution in [2.75, 3.05) is 9.80 Å². The van der Waals surface area contributed by atoms with Crippen molar-refractivity contribution in [1.29, 1.82) is 0 Å². The normalized spacial score (nSPS) is 14.7. The molecule has 0 atom stereocenters. The van der Waals surface area contributed by atoms with Crippen molar-refractivity contribution in [3.05, 3.63) is 359 Å². The number of rotatable bonds is 10. The molecule has 0 heterocycles. The first kappa shape index (κ1) is 61.5. The SMILES string of the molecule is Cc1ccc(N(c2ccc(C)cc2-c2ccc3c(c2)C(C)(C)c2cc(-c4ccc5c(c4)C(C)(C)c4ccccc4-5)ccc2-3)c2c3ccccc3c(N(c3ccccc3)c3ccccc3)c3ccccc23)c(-c2ccc3c(c2)C(C)(C)c2cc(-c4ccc5c(c4)C(C)(C)c4ccccc4-5)ccc2-3)c1. The number of fused-ring (bicyclic) bond motifs is 14. The zero-order chi connectivity index (χ0) is 69.3. The predicted molar refractivity (Wildman–Crippen MR) is 432 cm³/mol. The Labute approximate surface area is 600 Å². The molecule has 0 saturated heterocycles. The summed E-state index contributed by atoms with van der Waals surface area (Å²) in [4.78, 5) is 5.12. The Hall–Kier alpha value is -11.6. The molecule has 0 spiro atoms. The van der Waals surface area contributed by atoms with E-state index in [0.29, 0.717) is 0 Å². The molecule has 0 radical (unpaired) electrons. The highest BCUT2D eigenvalue weighted by Gasteiger charge is 2.41. The van der Waals surface area contributed by atoms with E-state index in [0.717, 1.165) is 55.7 Å². The van der Waals surface area contributed by atoms with Gasteiger partial charge >= 0.3 is 0 Å². The fourth-order valence-electron chi connectivity index (χ4n) is 18.6. The smallest absolute Gasteiger partial charge is 0.0620 e. The third-order valence-electron chi connectivity index (χ3n) is 23.9. The predicted octanol–water partition coefficient (Wildman–Crippen LogP) is 27.4. The van der Waals surface area contributed by atoms with E-state index in [1.54, 1.807) is 0 Å². The van der Waals surface area contributed by atoms with E-state index in [1.807, 2.05) is 0 Å². The standard InChI is InChI=1S/C100H80N2/c1-61-37-51-93(83(53-61)67-43-49-77-75-47-41-65(57-89(75)99(7,8)91(77)59-67)63-39-45-73-71-29-21-23-35-85(71)97(3,4)87(73)55-63)102(96-81-33-19-17-31-79(81)95(80-32-18-20-34-82(80)96)101(69-25-13-11-14-26-69)70-27-15-12-16-28-70)94-52-38-62(2)54-84(94)68-44-50-78-76-48-42-66(58-90(76)100(9,10)92(78)60-68)64-40-46-74-72-30-22-24-36-86(72)98(5,6)88(74)56-64/h11-60H,1-10H3. The first-order chi connectivity index (χ1) is 49.4. The average molecular weight is 1310 g/mol. The minimum atomic E-state index is -0.295. The number of anilines is 6. The molecule has 0 aliphatic heterocycles. The summed E-state index contributed by atoms with van der Waals surface area (Å²) in [6, 6.07) is 116. The zero-order valence-electron chi connectivity index (χ0n) is 59.8. The molecule has 0 N–H and O–H groups in total. The van der Waals surface area contributed by atoms with Crippen LogP contribution in [0.25, 0.3) is 111 Å². The largest absolute Gasteiger partial charge is 0.309 e. The van der Waals surface area contributed by atoms with E-state index in [-0.39, 0.29) is 21.7 Å². The van der Waals surface area contributed by atoms with Gasteiger partial charge in [-0.05, 0) is 221 Å². The van der Waals surface area contributed by atoms with Crippen LogP contribution in [0.5, 0.6) is 0 Å². The lowest BCUT2D eigenvalue weighted by atomic mass is 9.79. The highest BCUT2D eigenvalue weighted by atomic mass is 15.2. The van der Waals surface area contributed by atoms with Crippen LogP contribution in [0.2, 0.25) is 0 Å². The number of para-hydroxylation sites is 2. The maximum absolute atomic E-state index is 2.65. The maximum Gasteiger partial charge on any atom is 0.0620 e. The minimum Gasteiger partial charge on any atom is -0.309 e. The molecule has 0 amide bonds. The first-order valence-corrected chi connectivity index (χ1v) is 36.4. The second kappa shape index (κ2) is 22.5. The van der Waals surface area contributed by atoms with Crippen LogP contribution in [0.3, 0.4) is 0 Å². The van der Waals surface area contributed by atoms with Crippen LogP contribution in [-0.2, 0) is 21.7 Å². The van der Waals surface area contributed by atoms with E-state index < -0.39 is 0 Å². The van der Waals surface area contributed by atoms with Gasteiger partial charge in [-0.1, -0.05) is 285 Å². The molecular weight excluding hydrogens is 1230 g/mol. The molecule has 15 aromatic rings. The van der Waals surface area contributed by atoms with Crippen molar-refractivity contribution in [1.82, 2.24) is 0 Å². The van der Waals surface area contributed by atoms with Gasteiger partial charge in [-0.25, -0.2) is 0 Å². The van der Waals surface area contributed by atoms with Crippen molar-refractivity contribution in [2.24, 2.45) is 0 Å². The van der Waals surface area contributed by atoms with Crippen molar-refractivity contribution >= 4 is 55.7 Å². The Morgan fingerprint density at radius 3 is 0.784 bits per heavy atom. The number of benzene rings is 15. The van der Waals surface area contributed by atoms with Crippen molar-refractivity contribution in [3.63, 3.8) is 0 Å². The van der Waals surface area contributed by atoms with Crippen molar-refractivity contribution in [2.45, 2.75) is 90.9 Å². The molecule has 0 unspecified atom stereocenters. The van der Waals surface area contributed by atoms with Gasteiger partial charge in [-0.3, -0.25) is 0 Å². The van der Waals surface area contributed by atoms with Crippen LogP contribution in [0.1, 0.15) is 111 Å². The molecule has 102 heavy (non-hydrogen) atoms. The van der Waals surface area contributed by atoms with Crippen LogP contribution in [0.4, 0.5) is 34.1 Å². The molecule has 0 bridgehead atoms. The lowest BCUT2D eigenvalue weighted by Crippen LogP contribution is -2.17. The van der Waals surface area contributed by atoms with Crippen molar-refractivity contribution in [3.8, 4) is 89.0 Å². The second-order valence-corrected chi connectivity index (χ2v) is 31.3. The zero-order valence-corrected chi connectivity index (χ0v) is 59.8. The fourth-order valence-corrected chi connectivity index (χ4v) is 18.6. The Morgan fingerprint density at radius 2 is 0.451 bits per heavy atom. The lowest BCUT2D eigenvalue weighted by Gasteiger charge is -2.35. The van der Waals surface area contributed by atoms with E-state index >= 15 is 0 Å². The maximum atomic E-state index is 2.65. The van der Waals surface area contributed by atoms with E-state index in [4.69, 9.17) is 0 Å². The fraction of sp³-hybridized carbons (Fsp3) is 0.140. The molecule has 490 valence electrons. The second-order valence-electron chi connectivity index (χ2n) is 31.3. The number of hydrogen-bond acceptors (Lipinski definition) is 2. The molecule has 15 aromatic carbocycles. The highest BCUT2D eigenvalue weighted by Crippen LogP contribution is 2.59. The van der Waals surface area contributed by atoms with E-state index in [2.05, 4.69) is 382 Å². The highest BCUT2D eigenvalue weighted by molar-refractivity contribution is 6.24. The Balaban J connectivity index is 0.785. The number of hydrogen-bond donors (Lipinski definition) is 0. The molecular formula is C100H80N2. The quantitative estimate of drug-likeness (QED) is 0.0995. The molecule has 2 nitrogen and oxygen atoms in total. The van der Waals surface area contributed by atoms with Gasteiger partial charge in [0.1, 0.15) is 0 Å². The van der Waals surface area contributed by atoms with Crippen LogP contribution < -0.4 is 9.80 Å². The summed E-state index contributed by atoms with van der Waals surface area (Å²) >= 11 is 0. The monoisotopic (exact) mass is 1310 g/mol. The Kier molecular flexibility index (Phi) is 13.5. The summed E-state index contributed by atoms with van der Waals surface area (Å²) in [6.07, 6.45) is 0. The number of aryl methyl sites for hydroxylation is 2. The average Bonchev–Trinajstić information content (AvgIpc) is 1.01. The number of nitrogens with zero attached hydrogens (tertiary/aromatic N) is 2. The minimum absolute atomic E-state index is 0.0832. The van der Waals surface area contributed by atoms with Gasteiger partial charge < -0.3 is 9.80 Å². The topological polar surface area (TPSA) is 6.48 Å². The Morgan fingerprint density at radius 1 is 0.196 bits per heavy atom. The van der Waals surface area contributed by atoms with Crippen molar-refractivity contribution < 1.29 is 0 Å². The molecule has 0 saturated carbocycles. The van der Waals surface area contributed by atoms with Gasteiger partial charge in [0.05, 0.1) is 22.7 Å². The van der Waals surface area contributed by atoms with E-state index in [1.165, 1.54) is 145 Å². The van der Waals surface area contributed by atoms with Crippen LogP contribution in [0.15, 0.2) is 303 Å². The third-order valence-corrected chi connectivity index (χ3v) is 23.9. The summed E-state index contributed by atoms with van der Waals surface area (Å²) in [5.74, 6) is 0. The molecule has 0 aromatic heterocycles. The van der Waals surface area contributed by atoms with E-state index in [9.17, 15) is 0 Å². The summed E-state index contributed by atoms with van der Waals surface area (Å²) in [5.41, 5.74) is 39.7. The van der Waals surface area contributed by atoms with Gasteiger partial charge in [0, 0.05) is 65.7 Å². The summed E-state index contributed by atoms with van der Waals surface area (Å²) < 4.78 is 0. The third kappa shape index (κ3) is 9.11. The van der Waals surface area contributed by atoms with Gasteiger partial charge in [-0.2, -0.15) is 0 Å². The van der Waals surface area contributed by atoms with Gasteiger partial charge in [-0.15, -0.1) is 0 Å². The Bertz CT molecular complexity index is 5670. The van der Waals surface area contributed by atoms with Gasteiger partial charge in [0.25, 0.3) is 0 Å². The van der Waals surface area contributed by atoms with Crippen LogP contribution >= 0.6 is 0 Å². The lowest BCUT2D eigenvalue weighted by molar-refractivity contribution is 0.659. The van der Waals surface area contributed by atoms with Gasteiger partial charge in [0.15, 0.2) is 0 Å². The molecule has 0 fully saturated rings. The molecule has 4 aliphatic rings. The summed E-state index contributed by atoms with van der Waals surface area (Å²) in [6.45, 7) is 23.8. The van der Waals surface area contributed by atoms with Crippen LogP contribution in [0, 0.1) is 13.8 Å². The summed E-state index contributed by atoms with van der Waals surface area (Å²) in [7, 11) is 0.